The number of carbonyl (C=O) groups is 1. The molecule has 0 bridgehead atoms. The molecule has 0 atom stereocenters. The van der Waals surface area contributed by atoms with E-state index in [1.54, 1.807) is 32.2 Å². The number of anilines is 1. The minimum atomic E-state index is -3.35. The Morgan fingerprint density at radius 1 is 1.17 bits per heavy atom. The standard InChI is InChI=1S/C17H20N2O4S/c1-12-9-14(7-8-16(12)19-24(3,21)22)17(20)18-11-13-5-4-6-15(10-13)23-2/h4-10,19H,11H2,1-3H3,(H,18,20). The maximum atomic E-state index is 12.2. The molecule has 2 N–H and O–H groups in total. The van der Waals surface area contributed by atoms with Gasteiger partial charge in [0.1, 0.15) is 5.75 Å². The van der Waals surface area contributed by atoms with Gasteiger partial charge in [0.05, 0.1) is 19.1 Å². The Morgan fingerprint density at radius 2 is 1.92 bits per heavy atom. The Morgan fingerprint density at radius 3 is 2.54 bits per heavy atom. The van der Waals surface area contributed by atoms with Gasteiger partial charge in [-0.3, -0.25) is 9.52 Å². The fourth-order valence-electron chi connectivity index (χ4n) is 2.19. The molecule has 0 saturated carbocycles. The molecule has 24 heavy (non-hydrogen) atoms. The highest BCUT2D eigenvalue weighted by Crippen LogP contribution is 2.18. The smallest absolute Gasteiger partial charge is 0.251 e. The summed E-state index contributed by atoms with van der Waals surface area (Å²) in [6.07, 6.45) is 1.08. The monoisotopic (exact) mass is 348 g/mol. The molecular formula is C17H20N2O4S. The Bertz CT molecular complexity index is 847. The normalized spacial score (nSPS) is 11.0. The number of aryl methyl sites for hydroxylation is 1. The van der Waals surface area contributed by atoms with Crippen LogP contribution in [0.15, 0.2) is 42.5 Å². The van der Waals surface area contributed by atoms with Gasteiger partial charge < -0.3 is 10.1 Å². The van der Waals surface area contributed by atoms with Gasteiger partial charge in [0.2, 0.25) is 10.0 Å². The summed E-state index contributed by atoms with van der Waals surface area (Å²) in [6, 6.07) is 12.3. The zero-order valence-corrected chi connectivity index (χ0v) is 14.6. The van der Waals surface area contributed by atoms with Crippen LogP contribution in [-0.2, 0) is 16.6 Å². The fourth-order valence-corrected chi connectivity index (χ4v) is 2.81. The van der Waals surface area contributed by atoms with Crippen LogP contribution in [-0.4, -0.2) is 27.7 Å². The number of amides is 1. The lowest BCUT2D eigenvalue weighted by Gasteiger charge is -2.10. The zero-order valence-electron chi connectivity index (χ0n) is 13.8. The van der Waals surface area contributed by atoms with Gasteiger partial charge in [0, 0.05) is 12.1 Å². The number of rotatable bonds is 6. The van der Waals surface area contributed by atoms with E-state index in [4.69, 9.17) is 4.74 Å². The molecule has 0 unspecified atom stereocenters. The van der Waals surface area contributed by atoms with Crippen molar-refractivity contribution >= 4 is 21.6 Å². The zero-order chi connectivity index (χ0) is 17.7. The van der Waals surface area contributed by atoms with Gasteiger partial charge in [0.15, 0.2) is 0 Å². The first-order valence-corrected chi connectivity index (χ1v) is 9.17. The van der Waals surface area contributed by atoms with Crippen LogP contribution in [0.1, 0.15) is 21.5 Å². The number of nitrogens with one attached hydrogen (secondary N) is 2. The van der Waals surface area contributed by atoms with Crippen molar-refractivity contribution in [1.29, 1.82) is 0 Å². The molecule has 128 valence electrons. The van der Waals surface area contributed by atoms with Crippen LogP contribution in [0.2, 0.25) is 0 Å². The molecule has 0 aliphatic rings. The second kappa shape index (κ2) is 7.35. The molecule has 0 saturated heterocycles. The maximum Gasteiger partial charge on any atom is 0.251 e. The highest BCUT2D eigenvalue weighted by molar-refractivity contribution is 7.92. The summed E-state index contributed by atoms with van der Waals surface area (Å²) in [5.74, 6) is 0.501. The minimum absolute atomic E-state index is 0.230. The summed E-state index contributed by atoms with van der Waals surface area (Å²) in [5, 5.41) is 2.83. The van der Waals surface area contributed by atoms with E-state index < -0.39 is 10.0 Å². The van der Waals surface area contributed by atoms with Gasteiger partial charge in [-0.05, 0) is 48.4 Å². The topological polar surface area (TPSA) is 84.5 Å². The van der Waals surface area contributed by atoms with Crippen LogP contribution < -0.4 is 14.8 Å². The van der Waals surface area contributed by atoms with Gasteiger partial charge >= 0.3 is 0 Å². The van der Waals surface area contributed by atoms with Gasteiger partial charge in [-0.25, -0.2) is 8.42 Å². The predicted molar refractivity (Wildman–Crippen MR) is 93.8 cm³/mol. The third-order valence-corrected chi connectivity index (χ3v) is 3.96. The average Bonchev–Trinajstić information content (AvgIpc) is 2.53. The summed E-state index contributed by atoms with van der Waals surface area (Å²) in [4.78, 5) is 12.2. The third kappa shape index (κ3) is 4.99. The summed E-state index contributed by atoms with van der Waals surface area (Å²) in [7, 11) is -1.76. The summed E-state index contributed by atoms with van der Waals surface area (Å²) in [6.45, 7) is 2.12. The second-order valence-corrected chi connectivity index (χ2v) is 7.19. The largest absolute Gasteiger partial charge is 0.497 e. The molecule has 7 heteroatoms. The lowest BCUT2D eigenvalue weighted by molar-refractivity contribution is 0.0951. The molecule has 6 nitrogen and oxygen atoms in total. The molecule has 0 aromatic heterocycles. The van der Waals surface area contributed by atoms with Crippen LogP contribution in [0.3, 0.4) is 0 Å². The van der Waals surface area contributed by atoms with E-state index in [1.165, 1.54) is 0 Å². The molecule has 0 fully saturated rings. The Kier molecular flexibility index (Phi) is 5.46. The highest BCUT2D eigenvalue weighted by Gasteiger charge is 2.10. The number of benzene rings is 2. The quantitative estimate of drug-likeness (QED) is 0.839. The number of hydrogen-bond donors (Lipinski definition) is 2. The van der Waals surface area contributed by atoms with Crippen molar-refractivity contribution in [3.8, 4) is 5.75 Å². The summed E-state index contributed by atoms with van der Waals surface area (Å²) in [5.41, 5.74) is 2.53. The molecule has 0 aliphatic heterocycles. The average molecular weight is 348 g/mol. The molecular weight excluding hydrogens is 328 g/mol. The van der Waals surface area contributed by atoms with E-state index >= 15 is 0 Å². The summed E-state index contributed by atoms with van der Waals surface area (Å²) >= 11 is 0. The molecule has 2 aromatic rings. The Hall–Kier alpha value is -2.54. The third-order valence-electron chi connectivity index (χ3n) is 3.37. The first kappa shape index (κ1) is 17.8. The van der Waals surface area contributed by atoms with Gasteiger partial charge in [-0.15, -0.1) is 0 Å². The van der Waals surface area contributed by atoms with Crippen LogP contribution in [0.4, 0.5) is 5.69 Å². The van der Waals surface area contributed by atoms with E-state index in [2.05, 4.69) is 10.0 Å². The number of ether oxygens (including phenoxy) is 1. The second-order valence-electron chi connectivity index (χ2n) is 5.44. The van der Waals surface area contributed by atoms with Crippen molar-refractivity contribution < 1.29 is 17.9 Å². The molecule has 2 rings (SSSR count). The van der Waals surface area contributed by atoms with E-state index in [9.17, 15) is 13.2 Å². The first-order chi connectivity index (χ1) is 11.3. The van der Waals surface area contributed by atoms with Crippen molar-refractivity contribution in [2.24, 2.45) is 0 Å². The van der Waals surface area contributed by atoms with E-state index in [0.29, 0.717) is 23.4 Å². The van der Waals surface area contributed by atoms with Crippen molar-refractivity contribution in [3.05, 3.63) is 59.2 Å². The van der Waals surface area contributed by atoms with Gasteiger partial charge in [-0.1, -0.05) is 12.1 Å². The van der Waals surface area contributed by atoms with E-state index in [-0.39, 0.29) is 5.91 Å². The lowest BCUT2D eigenvalue weighted by Crippen LogP contribution is -2.23. The Balaban J connectivity index is 2.05. The number of sulfonamides is 1. The van der Waals surface area contributed by atoms with Crippen LogP contribution >= 0.6 is 0 Å². The minimum Gasteiger partial charge on any atom is -0.497 e. The number of hydrogen-bond acceptors (Lipinski definition) is 4. The van der Waals surface area contributed by atoms with Gasteiger partial charge in [0.25, 0.3) is 5.91 Å². The molecule has 1 amide bonds. The van der Waals surface area contributed by atoms with Crippen LogP contribution in [0.5, 0.6) is 5.75 Å². The van der Waals surface area contributed by atoms with Gasteiger partial charge in [-0.2, -0.15) is 0 Å². The van der Waals surface area contributed by atoms with E-state index in [1.807, 2.05) is 24.3 Å². The molecule has 0 radical (unpaired) electrons. The van der Waals surface area contributed by atoms with Crippen LogP contribution in [0, 0.1) is 6.92 Å². The fraction of sp³-hybridized carbons (Fsp3) is 0.235. The SMILES string of the molecule is COc1cccc(CNC(=O)c2ccc(NS(C)(=O)=O)c(C)c2)c1. The summed E-state index contributed by atoms with van der Waals surface area (Å²) < 4.78 is 30.1. The van der Waals surface area contributed by atoms with Crippen LogP contribution in [0.25, 0.3) is 0 Å². The molecule has 0 aliphatic carbocycles. The number of carbonyl (C=O) groups excluding carboxylic acids is 1. The lowest BCUT2D eigenvalue weighted by atomic mass is 10.1. The predicted octanol–water partition coefficient (Wildman–Crippen LogP) is 2.31. The van der Waals surface area contributed by atoms with E-state index in [0.717, 1.165) is 17.6 Å². The highest BCUT2D eigenvalue weighted by atomic mass is 32.2. The Labute approximate surface area is 141 Å². The molecule has 0 heterocycles. The first-order valence-electron chi connectivity index (χ1n) is 7.28. The van der Waals surface area contributed by atoms with Crippen molar-refractivity contribution in [2.45, 2.75) is 13.5 Å². The maximum absolute atomic E-state index is 12.2. The van der Waals surface area contributed by atoms with Crippen molar-refractivity contribution in [1.82, 2.24) is 5.32 Å². The number of methoxy groups -OCH3 is 1. The molecule has 2 aromatic carbocycles. The van der Waals surface area contributed by atoms with Crippen molar-refractivity contribution in [3.63, 3.8) is 0 Å². The van der Waals surface area contributed by atoms with Crippen molar-refractivity contribution in [2.75, 3.05) is 18.1 Å². The molecule has 0 spiro atoms.